The zero-order valence-electron chi connectivity index (χ0n) is 13.9. The van der Waals surface area contributed by atoms with Crippen LogP contribution in [0.4, 0.5) is 0 Å². The van der Waals surface area contributed by atoms with Gasteiger partial charge >= 0.3 is 5.97 Å². The highest BCUT2D eigenvalue weighted by atomic mass is 32.2. The minimum Gasteiger partial charge on any atom is -0.480 e. The number of carbonyl (C=O) groups is 1. The van der Waals surface area contributed by atoms with Gasteiger partial charge in [0.2, 0.25) is 10.0 Å². The molecule has 0 bridgehead atoms. The molecular weight excluding hydrogens is 344 g/mol. The minimum atomic E-state index is -3.97. The number of aryl methyl sites for hydroxylation is 1. The summed E-state index contributed by atoms with van der Waals surface area (Å²) in [7, 11) is -2.35. The summed E-state index contributed by atoms with van der Waals surface area (Å²) in [5, 5.41) is 17.9. The first-order valence-electron chi connectivity index (χ1n) is 8.37. The fraction of sp³-hybridized carbons (Fsp3) is 0.562. The Morgan fingerprint density at radius 3 is 2.68 bits per heavy atom. The zero-order chi connectivity index (χ0) is 17.8. The molecule has 9 heteroatoms. The van der Waals surface area contributed by atoms with Gasteiger partial charge < -0.3 is 5.11 Å². The van der Waals surface area contributed by atoms with Crippen molar-refractivity contribution < 1.29 is 18.3 Å². The summed E-state index contributed by atoms with van der Waals surface area (Å²) in [5.74, 6) is -1.08. The van der Waals surface area contributed by atoms with Crippen molar-refractivity contribution in [1.82, 2.24) is 19.3 Å². The van der Waals surface area contributed by atoms with Crippen LogP contribution in [-0.4, -0.2) is 51.4 Å². The van der Waals surface area contributed by atoms with Gasteiger partial charge in [0, 0.05) is 13.6 Å². The average Bonchev–Trinajstić information content (AvgIpc) is 3.25. The number of benzene rings is 1. The monoisotopic (exact) mass is 364 g/mol. The summed E-state index contributed by atoms with van der Waals surface area (Å²) in [6, 6.07) is 3.76. The number of hydrogen-bond donors (Lipinski definition) is 1. The van der Waals surface area contributed by atoms with Crippen LogP contribution in [-0.2, 0) is 21.9 Å². The molecule has 4 rings (SSSR count). The third-order valence-electron chi connectivity index (χ3n) is 5.48. The lowest BCUT2D eigenvalue weighted by molar-refractivity contribution is -0.140. The molecule has 1 spiro atoms. The summed E-state index contributed by atoms with van der Waals surface area (Å²) >= 11 is 0. The molecule has 2 fully saturated rings. The van der Waals surface area contributed by atoms with E-state index >= 15 is 0 Å². The van der Waals surface area contributed by atoms with Crippen molar-refractivity contribution in [3.8, 4) is 0 Å². The molecule has 2 aliphatic rings. The third-order valence-corrected chi connectivity index (χ3v) is 7.36. The number of aromatic nitrogens is 3. The fourth-order valence-electron chi connectivity index (χ4n) is 4.32. The fourth-order valence-corrected chi connectivity index (χ4v) is 6.15. The molecule has 1 unspecified atom stereocenters. The van der Waals surface area contributed by atoms with Crippen LogP contribution in [0.25, 0.3) is 11.0 Å². The van der Waals surface area contributed by atoms with Gasteiger partial charge in [0.15, 0.2) is 0 Å². The Balaban J connectivity index is 1.81. The van der Waals surface area contributed by atoms with E-state index in [0.29, 0.717) is 11.9 Å². The highest BCUT2D eigenvalue weighted by Gasteiger charge is 2.52. The van der Waals surface area contributed by atoms with Crippen LogP contribution >= 0.6 is 0 Å². The van der Waals surface area contributed by atoms with Crippen molar-refractivity contribution in [2.45, 2.75) is 43.0 Å². The van der Waals surface area contributed by atoms with Crippen molar-refractivity contribution in [3.05, 3.63) is 18.2 Å². The van der Waals surface area contributed by atoms with Crippen LogP contribution in [0.1, 0.15) is 32.1 Å². The molecule has 1 N–H and O–H groups in total. The molecule has 0 amide bonds. The van der Waals surface area contributed by atoms with Crippen LogP contribution in [0.5, 0.6) is 0 Å². The van der Waals surface area contributed by atoms with E-state index in [1.807, 2.05) is 0 Å². The quantitative estimate of drug-likeness (QED) is 0.882. The number of nitrogens with zero attached hydrogens (tertiary/aromatic N) is 4. The number of fused-ring (bicyclic) bond motifs is 1. The van der Waals surface area contributed by atoms with Crippen LogP contribution in [0.2, 0.25) is 0 Å². The Kier molecular flexibility index (Phi) is 3.62. The van der Waals surface area contributed by atoms with Gasteiger partial charge in [0.1, 0.15) is 22.0 Å². The van der Waals surface area contributed by atoms with Crippen LogP contribution < -0.4 is 0 Å². The van der Waals surface area contributed by atoms with Crippen LogP contribution in [0, 0.1) is 5.41 Å². The Bertz CT molecular complexity index is 946. The van der Waals surface area contributed by atoms with E-state index in [1.54, 1.807) is 19.2 Å². The van der Waals surface area contributed by atoms with Gasteiger partial charge in [0.05, 0.1) is 0 Å². The minimum absolute atomic E-state index is 0.0272. The molecule has 1 saturated carbocycles. The van der Waals surface area contributed by atoms with E-state index in [2.05, 4.69) is 10.2 Å². The predicted molar refractivity (Wildman–Crippen MR) is 89.3 cm³/mol. The van der Waals surface area contributed by atoms with E-state index in [1.165, 1.54) is 15.2 Å². The smallest absolute Gasteiger partial charge is 0.322 e. The highest BCUT2D eigenvalue weighted by Crippen LogP contribution is 2.49. The zero-order valence-corrected chi connectivity index (χ0v) is 14.7. The summed E-state index contributed by atoms with van der Waals surface area (Å²) in [6.45, 7) is 0.267. The average molecular weight is 364 g/mol. The molecule has 1 aromatic carbocycles. The number of carboxylic acids is 1. The molecule has 1 saturated heterocycles. The maximum absolute atomic E-state index is 13.3. The number of aliphatic carboxylic acids is 1. The Morgan fingerprint density at radius 1 is 1.28 bits per heavy atom. The number of hydrogen-bond acceptors (Lipinski definition) is 5. The number of sulfonamides is 1. The lowest BCUT2D eigenvalue weighted by Gasteiger charge is -2.23. The Morgan fingerprint density at radius 2 is 2.00 bits per heavy atom. The molecule has 2 heterocycles. The molecule has 1 aliphatic heterocycles. The van der Waals surface area contributed by atoms with E-state index in [4.69, 9.17) is 0 Å². The normalized spacial score (nSPS) is 23.6. The predicted octanol–water partition coefficient (Wildman–Crippen LogP) is 1.38. The maximum Gasteiger partial charge on any atom is 0.322 e. The van der Waals surface area contributed by atoms with Crippen molar-refractivity contribution in [3.63, 3.8) is 0 Å². The van der Waals surface area contributed by atoms with Gasteiger partial charge in [-0.3, -0.25) is 4.79 Å². The van der Waals surface area contributed by atoms with E-state index < -0.39 is 22.0 Å². The topological polar surface area (TPSA) is 105 Å². The summed E-state index contributed by atoms with van der Waals surface area (Å²) in [5.41, 5.74) is 0.554. The maximum atomic E-state index is 13.3. The van der Waals surface area contributed by atoms with Crippen LogP contribution in [0.3, 0.4) is 0 Å². The first-order chi connectivity index (χ1) is 11.8. The number of rotatable bonds is 3. The van der Waals surface area contributed by atoms with E-state index in [-0.39, 0.29) is 22.4 Å². The second-order valence-electron chi connectivity index (χ2n) is 7.13. The van der Waals surface area contributed by atoms with E-state index in [0.717, 1.165) is 25.7 Å². The number of carboxylic acid groups (broad SMARTS) is 1. The van der Waals surface area contributed by atoms with Gasteiger partial charge in [0.25, 0.3) is 0 Å². The Hall–Kier alpha value is -2.00. The van der Waals surface area contributed by atoms with Crippen molar-refractivity contribution in [1.29, 1.82) is 0 Å². The molecule has 1 aromatic heterocycles. The second-order valence-corrected chi connectivity index (χ2v) is 8.99. The molecule has 0 radical (unpaired) electrons. The van der Waals surface area contributed by atoms with Gasteiger partial charge in [-0.2, -0.15) is 19.3 Å². The van der Waals surface area contributed by atoms with Gasteiger partial charge in [-0.1, -0.05) is 18.9 Å². The highest BCUT2D eigenvalue weighted by molar-refractivity contribution is 7.89. The van der Waals surface area contributed by atoms with Crippen LogP contribution in [0.15, 0.2) is 23.1 Å². The lowest BCUT2D eigenvalue weighted by atomic mass is 9.84. The van der Waals surface area contributed by atoms with Gasteiger partial charge in [-0.25, -0.2) is 8.42 Å². The molecule has 8 nitrogen and oxygen atoms in total. The first kappa shape index (κ1) is 16.5. The van der Waals surface area contributed by atoms with E-state index in [9.17, 15) is 18.3 Å². The molecule has 1 atom stereocenters. The van der Waals surface area contributed by atoms with Crippen molar-refractivity contribution in [2.24, 2.45) is 12.5 Å². The second kappa shape index (κ2) is 5.50. The SMILES string of the molecule is Cn1nc2cccc(S(=O)(=O)N3CC4(CCCC4)CC3C(=O)O)c2n1. The third kappa shape index (κ3) is 2.53. The molecule has 134 valence electrons. The molecule has 25 heavy (non-hydrogen) atoms. The summed E-state index contributed by atoms with van der Waals surface area (Å²) < 4.78 is 27.8. The first-order valence-corrected chi connectivity index (χ1v) is 9.81. The molecule has 2 aromatic rings. The molecule has 1 aliphatic carbocycles. The lowest BCUT2D eigenvalue weighted by Crippen LogP contribution is -2.40. The summed E-state index contributed by atoms with van der Waals surface area (Å²) in [6.07, 6.45) is 4.22. The summed E-state index contributed by atoms with van der Waals surface area (Å²) in [4.78, 5) is 13.1. The standard InChI is InChI=1S/C16H20N4O4S/c1-19-17-11-5-4-6-13(14(11)18-19)25(23,24)20-10-16(7-2-3-8-16)9-12(20)15(21)22/h4-6,12H,2-3,7-10H2,1H3,(H,21,22). The van der Waals surface area contributed by atoms with Crippen molar-refractivity contribution >= 4 is 27.0 Å². The van der Waals surface area contributed by atoms with Gasteiger partial charge in [-0.15, -0.1) is 0 Å². The largest absolute Gasteiger partial charge is 0.480 e. The van der Waals surface area contributed by atoms with Gasteiger partial charge in [-0.05, 0) is 36.8 Å². The molecular formula is C16H20N4O4S. The van der Waals surface area contributed by atoms with Crippen molar-refractivity contribution in [2.75, 3.05) is 6.54 Å². The Labute approximate surface area is 145 Å².